The highest BCUT2D eigenvalue weighted by molar-refractivity contribution is 5.97. The van der Waals surface area contributed by atoms with E-state index in [4.69, 9.17) is 5.26 Å². The van der Waals surface area contributed by atoms with E-state index in [-0.39, 0.29) is 23.5 Å². The molecule has 0 aliphatic rings. The Morgan fingerprint density at radius 3 is 2.58 bits per heavy atom. The van der Waals surface area contributed by atoms with Crippen molar-refractivity contribution in [3.8, 4) is 6.07 Å². The molecule has 1 aromatic heterocycles. The van der Waals surface area contributed by atoms with Crippen LogP contribution in [0.1, 0.15) is 43.0 Å². The van der Waals surface area contributed by atoms with Crippen molar-refractivity contribution in [2.75, 3.05) is 6.54 Å². The Hall–Kier alpha value is -2.56. The number of carbonyl (C=O) groups is 1. The number of fused-ring (bicyclic) bond motifs is 1. The number of amides is 1. The van der Waals surface area contributed by atoms with E-state index in [0.29, 0.717) is 5.52 Å². The molecule has 5 nitrogen and oxygen atoms in total. The minimum absolute atomic E-state index is 0.108. The van der Waals surface area contributed by atoms with E-state index >= 15 is 0 Å². The fraction of sp³-hybridized carbons (Fsp3) is 0.438. The van der Waals surface area contributed by atoms with Crippen molar-refractivity contribution in [1.29, 1.82) is 5.26 Å². The van der Waals surface area contributed by atoms with Gasteiger partial charge < -0.3 is 9.88 Å². The minimum Gasteiger partial charge on any atom is -0.351 e. The van der Waals surface area contributed by atoms with Crippen LogP contribution in [-0.2, 0) is 6.18 Å². The van der Waals surface area contributed by atoms with Gasteiger partial charge >= 0.3 is 6.18 Å². The van der Waals surface area contributed by atoms with Crippen LogP contribution in [0.3, 0.4) is 0 Å². The lowest BCUT2D eigenvalue weighted by Gasteiger charge is -2.14. The molecule has 0 fully saturated rings. The molecule has 2 rings (SSSR count). The summed E-state index contributed by atoms with van der Waals surface area (Å²) < 4.78 is 40.6. The summed E-state index contributed by atoms with van der Waals surface area (Å²) in [6.07, 6.45) is -4.58. The molecule has 2 aromatic rings. The lowest BCUT2D eigenvalue weighted by molar-refractivity contribution is -0.147. The molecule has 0 saturated heterocycles. The van der Waals surface area contributed by atoms with Crippen molar-refractivity contribution in [2.45, 2.75) is 33.0 Å². The summed E-state index contributed by atoms with van der Waals surface area (Å²) in [6.45, 7) is 5.10. The second-order valence-electron chi connectivity index (χ2n) is 5.84. The highest BCUT2D eigenvalue weighted by Crippen LogP contribution is 2.33. The molecule has 0 saturated carbocycles. The molecule has 1 aromatic carbocycles. The lowest BCUT2D eigenvalue weighted by atomic mass is 10.1. The molecule has 24 heavy (non-hydrogen) atoms. The van der Waals surface area contributed by atoms with Gasteiger partial charge in [0.1, 0.15) is 0 Å². The van der Waals surface area contributed by atoms with E-state index in [0.717, 1.165) is 4.57 Å². The van der Waals surface area contributed by atoms with Gasteiger partial charge in [0.2, 0.25) is 5.82 Å². The largest absolute Gasteiger partial charge is 0.449 e. The highest BCUT2D eigenvalue weighted by Gasteiger charge is 2.38. The van der Waals surface area contributed by atoms with Crippen LogP contribution < -0.4 is 5.32 Å². The van der Waals surface area contributed by atoms with Gasteiger partial charge in [0.05, 0.1) is 23.0 Å². The van der Waals surface area contributed by atoms with Gasteiger partial charge in [-0.05, 0) is 39.0 Å². The third-order valence-electron chi connectivity index (χ3n) is 3.51. The van der Waals surface area contributed by atoms with Crippen LogP contribution in [0, 0.1) is 17.2 Å². The van der Waals surface area contributed by atoms with Crippen molar-refractivity contribution in [2.24, 2.45) is 5.92 Å². The first-order chi connectivity index (χ1) is 11.1. The summed E-state index contributed by atoms with van der Waals surface area (Å²) in [5.74, 6) is -1.79. The van der Waals surface area contributed by atoms with Crippen LogP contribution in [0.15, 0.2) is 18.2 Å². The molecule has 1 amide bonds. The number of carbonyl (C=O) groups excluding carboxylic acids is 1. The third kappa shape index (κ3) is 3.50. The van der Waals surface area contributed by atoms with Gasteiger partial charge in [0, 0.05) is 18.2 Å². The first-order valence-corrected chi connectivity index (χ1v) is 7.42. The summed E-state index contributed by atoms with van der Waals surface area (Å²) in [5.41, 5.74) is 0.631. The Bertz CT molecular complexity index is 802. The number of nitrogens with zero attached hydrogens (tertiary/aromatic N) is 3. The SMILES string of the molecule is CC(C)n1c(C(F)(F)F)nc2cc(C(=O)NC[C@H](C)C#N)ccc21. The smallest absolute Gasteiger partial charge is 0.351 e. The molecule has 1 N–H and O–H groups in total. The molecule has 128 valence electrons. The molecule has 1 atom stereocenters. The van der Waals surface area contributed by atoms with Gasteiger partial charge in [0.15, 0.2) is 0 Å². The van der Waals surface area contributed by atoms with Crippen molar-refractivity contribution in [3.05, 3.63) is 29.6 Å². The molecule has 8 heteroatoms. The first kappa shape index (κ1) is 17.8. The Balaban J connectivity index is 2.42. The Kier molecular flexibility index (Phi) is 4.83. The van der Waals surface area contributed by atoms with E-state index in [1.165, 1.54) is 18.2 Å². The van der Waals surface area contributed by atoms with Gasteiger partial charge in [-0.3, -0.25) is 4.79 Å². The number of imidazole rings is 1. The zero-order valence-corrected chi connectivity index (χ0v) is 13.5. The molecule has 0 radical (unpaired) electrons. The van der Waals surface area contributed by atoms with E-state index in [1.807, 2.05) is 6.07 Å². The molecular formula is C16H17F3N4O. The fourth-order valence-electron chi connectivity index (χ4n) is 2.36. The van der Waals surface area contributed by atoms with Crippen LogP contribution in [0.4, 0.5) is 13.2 Å². The van der Waals surface area contributed by atoms with Gasteiger partial charge in [-0.2, -0.15) is 18.4 Å². The van der Waals surface area contributed by atoms with Gasteiger partial charge in [-0.1, -0.05) is 0 Å². The van der Waals surface area contributed by atoms with E-state index in [2.05, 4.69) is 10.3 Å². The zero-order chi connectivity index (χ0) is 18.1. The normalized spacial score (nSPS) is 13.1. The number of halogens is 3. The zero-order valence-electron chi connectivity index (χ0n) is 13.5. The third-order valence-corrected chi connectivity index (χ3v) is 3.51. The summed E-state index contributed by atoms with van der Waals surface area (Å²) >= 11 is 0. The average Bonchev–Trinajstić information content (AvgIpc) is 2.91. The second kappa shape index (κ2) is 6.51. The summed E-state index contributed by atoms with van der Waals surface area (Å²) in [7, 11) is 0. The van der Waals surface area contributed by atoms with Crippen LogP contribution in [-0.4, -0.2) is 22.0 Å². The summed E-state index contributed by atoms with van der Waals surface area (Å²) in [4.78, 5) is 15.7. The predicted octanol–water partition coefficient (Wildman–Crippen LogP) is 3.53. The summed E-state index contributed by atoms with van der Waals surface area (Å²) in [6, 6.07) is 5.80. The Morgan fingerprint density at radius 2 is 2.04 bits per heavy atom. The molecule has 0 aliphatic heterocycles. The number of hydrogen-bond acceptors (Lipinski definition) is 3. The highest BCUT2D eigenvalue weighted by atomic mass is 19.4. The van der Waals surface area contributed by atoms with E-state index < -0.39 is 23.9 Å². The van der Waals surface area contributed by atoms with Crippen LogP contribution in [0.2, 0.25) is 0 Å². The second-order valence-corrected chi connectivity index (χ2v) is 5.84. The van der Waals surface area contributed by atoms with Crippen LogP contribution in [0.25, 0.3) is 11.0 Å². The topological polar surface area (TPSA) is 70.7 Å². The monoisotopic (exact) mass is 338 g/mol. The Morgan fingerprint density at radius 1 is 1.38 bits per heavy atom. The average molecular weight is 338 g/mol. The van der Waals surface area contributed by atoms with Gasteiger partial charge in [-0.25, -0.2) is 4.98 Å². The van der Waals surface area contributed by atoms with Crippen molar-refractivity contribution in [1.82, 2.24) is 14.9 Å². The van der Waals surface area contributed by atoms with E-state index in [1.54, 1.807) is 20.8 Å². The number of nitrogens with one attached hydrogen (secondary N) is 1. The van der Waals surface area contributed by atoms with Crippen molar-refractivity contribution < 1.29 is 18.0 Å². The van der Waals surface area contributed by atoms with Crippen LogP contribution in [0.5, 0.6) is 0 Å². The van der Waals surface area contributed by atoms with Crippen molar-refractivity contribution >= 4 is 16.9 Å². The molecule has 1 heterocycles. The number of rotatable bonds is 4. The first-order valence-electron chi connectivity index (χ1n) is 7.42. The maximum atomic E-state index is 13.2. The minimum atomic E-state index is -4.58. The number of aromatic nitrogens is 2. The molecule has 0 spiro atoms. The molecule has 0 unspecified atom stereocenters. The summed E-state index contributed by atoms with van der Waals surface area (Å²) in [5, 5.41) is 11.3. The maximum Gasteiger partial charge on any atom is 0.449 e. The molecular weight excluding hydrogens is 321 g/mol. The van der Waals surface area contributed by atoms with Gasteiger partial charge in [-0.15, -0.1) is 0 Å². The van der Waals surface area contributed by atoms with Gasteiger partial charge in [0.25, 0.3) is 5.91 Å². The predicted molar refractivity (Wildman–Crippen MR) is 82.2 cm³/mol. The quantitative estimate of drug-likeness (QED) is 0.927. The van der Waals surface area contributed by atoms with Crippen molar-refractivity contribution in [3.63, 3.8) is 0 Å². The number of alkyl halides is 3. The number of nitriles is 1. The number of hydrogen-bond donors (Lipinski definition) is 1. The fourth-order valence-corrected chi connectivity index (χ4v) is 2.36. The van der Waals surface area contributed by atoms with Crippen LogP contribution >= 0.6 is 0 Å². The molecule has 0 bridgehead atoms. The standard InChI is InChI=1S/C16H17F3N4O/c1-9(2)23-13-5-4-11(14(24)21-8-10(3)7-20)6-12(13)22-15(23)16(17,18)19/h4-6,9-10H,8H2,1-3H3,(H,21,24)/t10-/m1/s1. The maximum absolute atomic E-state index is 13.2. The van der Waals surface area contributed by atoms with E-state index in [9.17, 15) is 18.0 Å². The lowest BCUT2D eigenvalue weighted by Crippen LogP contribution is -2.27. The number of benzene rings is 1. The Labute approximate surface area is 137 Å². The molecule has 0 aliphatic carbocycles.